The number of β-amino-alcohol motifs (C(OH)–C–C–N with tert-alkyl or cyclic N) is 1. The third-order valence-electron chi connectivity index (χ3n) is 6.14. The van der Waals surface area contributed by atoms with Crippen molar-refractivity contribution in [3.63, 3.8) is 0 Å². The van der Waals surface area contributed by atoms with Crippen LogP contribution in [0.2, 0.25) is 0 Å². The fraction of sp³-hybridized carbons (Fsp3) is 0.458. The van der Waals surface area contributed by atoms with Gasteiger partial charge in [0.15, 0.2) is 5.60 Å². The summed E-state index contributed by atoms with van der Waals surface area (Å²) in [7, 11) is 0. The fourth-order valence-corrected chi connectivity index (χ4v) is 4.57. The van der Waals surface area contributed by atoms with Gasteiger partial charge >= 0.3 is 0 Å². The molecule has 0 radical (unpaired) electrons. The normalized spacial score (nSPS) is 23.4. The lowest BCUT2D eigenvalue weighted by Gasteiger charge is -2.43. The average Bonchev–Trinajstić information content (AvgIpc) is 2.73. The van der Waals surface area contributed by atoms with E-state index in [-0.39, 0.29) is 5.91 Å². The van der Waals surface area contributed by atoms with Crippen LogP contribution in [0, 0.1) is 6.92 Å². The van der Waals surface area contributed by atoms with Crippen LogP contribution in [0.5, 0.6) is 0 Å². The molecule has 5 heteroatoms. The van der Waals surface area contributed by atoms with E-state index in [2.05, 4.69) is 59.2 Å². The number of likely N-dealkylation sites (tertiary alicyclic amines) is 1. The third kappa shape index (κ3) is 4.62. The lowest BCUT2D eigenvalue weighted by atomic mass is 9.90. The van der Waals surface area contributed by atoms with E-state index in [1.165, 1.54) is 11.3 Å². The Morgan fingerprint density at radius 1 is 0.966 bits per heavy atom. The zero-order chi connectivity index (χ0) is 20.3. The Balaban J connectivity index is 1.36. The van der Waals surface area contributed by atoms with E-state index in [1.807, 2.05) is 17.0 Å². The molecular formula is C24H31N3O2. The zero-order valence-corrected chi connectivity index (χ0v) is 17.3. The first-order chi connectivity index (χ1) is 14.0. The van der Waals surface area contributed by atoms with E-state index in [1.54, 1.807) is 0 Å². The SMILES string of the molecule is Cc1cccc(CN2CCC[C@@](O)(CN3CCN(c4ccccc4)CC3)C2=O)c1. The van der Waals surface area contributed by atoms with Crippen molar-refractivity contribution in [2.75, 3.05) is 44.2 Å². The Labute approximate surface area is 173 Å². The van der Waals surface area contributed by atoms with Gasteiger partial charge in [-0.1, -0.05) is 48.0 Å². The number of rotatable bonds is 5. The number of hydrogen-bond donors (Lipinski definition) is 1. The van der Waals surface area contributed by atoms with Crippen LogP contribution in [0.3, 0.4) is 0 Å². The second-order valence-electron chi connectivity index (χ2n) is 8.45. The number of para-hydroxylation sites is 1. The topological polar surface area (TPSA) is 47.0 Å². The summed E-state index contributed by atoms with van der Waals surface area (Å²) in [5.74, 6) is -0.115. The van der Waals surface area contributed by atoms with Crippen molar-refractivity contribution in [3.05, 3.63) is 65.7 Å². The molecule has 2 aliphatic rings. The summed E-state index contributed by atoms with van der Waals surface area (Å²) in [6, 6.07) is 18.7. The van der Waals surface area contributed by atoms with Crippen LogP contribution in [0.4, 0.5) is 5.69 Å². The van der Waals surface area contributed by atoms with Gasteiger partial charge in [-0.3, -0.25) is 9.69 Å². The Hall–Kier alpha value is -2.37. The smallest absolute Gasteiger partial charge is 0.256 e. The molecule has 0 unspecified atom stereocenters. The summed E-state index contributed by atoms with van der Waals surface area (Å²) < 4.78 is 0. The molecule has 1 atom stereocenters. The van der Waals surface area contributed by atoms with Crippen LogP contribution in [0.25, 0.3) is 0 Å². The molecule has 2 aliphatic heterocycles. The highest BCUT2D eigenvalue weighted by Gasteiger charge is 2.43. The summed E-state index contributed by atoms with van der Waals surface area (Å²) in [6.45, 7) is 7.35. The molecule has 0 saturated carbocycles. The number of carbonyl (C=O) groups is 1. The molecule has 4 rings (SSSR count). The number of aliphatic hydroxyl groups is 1. The standard InChI is InChI=1S/C24H31N3O2/c1-20-7-5-8-21(17-20)18-27-12-6-11-24(29,23(27)28)19-25-13-15-26(16-14-25)22-9-3-2-4-10-22/h2-5,7-10,17,29H,6,11-16,18-19H2,1H3/t24-/m1/s1. The van der Waals surface area contributed by atoms with Crippen molar-refractivity contribution in [2.24, 2.45) is 0 Å². The number of carbonyl (C=O) groups excluding carboxylic acids is 1. The summed E-state index contributed by atoms with van der Waals surface area (Å²) in [5, 5.41) is 11.2. The molecule has 2 aromatic carbocycles. The third-order valence-corrected chi connectivity index (χ3v) is 6.14. The quantitative estimate of drug-likeness (QED) is 0.849. The maximum absolute atomic E-state index is 13.1. The van der Waals surface area contributed by atoms with Crippen LogP contribution in [0.15, 0.2) is 54.6 Å². The fourth-order valence-electron chi connectivity index (χ4n) is 4.57. The predicted octanol–water partition coefficient (Wildman–Crippen LogP) is 2.67. The highest BCUT2D eigenvalue weighted by molar-refractivity contribution is 5.86. The van der Waals surface area contributed by atoms with Crippen LogP contribution in [-0.4, -0.2) is 65.7 Å². The van der Waals surface area contributed by atoms with E-state index in [0.29, 0.717) is 19.5 Å². The van der Waals surface area contributed by atoms with E-state index >= 15 is 0 Å². The van der Waals surface area contributed by atoms with E-state index in [4.69, 9.17) is 0 Å². The van der Waals surface area contributed by atoms with Gasteiger partial charge in [-0.25, -0.2) is 0 Å². The number of anilines is 1. The first-order valence-corrected chi connectivity index (χ1v) is 10.6. The van der Waals surface area contributed by atoms with Gasteiger partial charge in [0.05, 0.1) is 0 Å². The number of piperidine rings is 1. The average molecular weight is 394 g/mol. The van der Waals surface area contributed by atoms with E-state index in [0.717, 1.165) is 44.7 Å². The summed E-state index contributed by atoms with van der Waals surface area (Å²) in [5.41, 5.74) is 2.29. The van der Waals surface area contributed by atoms with Gasteiger partial charge in [-0.15, -0.1) is 0 Å². The van der Waals surface area contributed by atoms with Gasteiger partial charge in [-0.05, 0) is 37.5 Å². The summed E-state index contributed by atoms with van der Waals surface area (Å²) in [4.78, 5) is 19.6. The predicted molar refractivity (Wildman–Crippen MR) is 116 cm³/mol. The molecule has 0 bridgehead atoms. The van der Waals surface area contributed by atoms with Crippen molar-refractivity contribution in [1.82, 2.24) is 9.80 Å². The Kier molecular flexibility index (Phi) is 5.88. The molecule has 2 fully saturated rings. The number of amides is 1. The van der Waals surface area contributed by atoms with Crippen molar-refractivity contribution >= 4 is 11.6 Å². The van der Waals surface area contributed by atoms with Crippen LogP contribution in [-0.2, 0) is 11.3 Å². The lowest BCUT2D eigenvalue weighted by Crippen LogP contribution is -2.60. The lowest BCUT2D eigenvalue weighted by molar-refractivity contribution is -0.160. The van der Waals surface area contributed by atoms with Gasteiger partial charge in [0.1, 0.15) is 0 Å². The maximum Gasteiger partial charge on any atom is 0.256 e. The van der Waals surface area contributed by atoms with Crippen molar-refractivity contribution < 1.29 is 9.90 Å². The van der Waals surface area contributed by atoms with Gasteiger partial charge in [0.2, 0.25) is 0 Å². The molecule has 29 heavy (non-hydrogen) atoms. The molecular weight excluding hydrogens is 362 g/mol. The van der Waals surface area contributed by atoms with Gasteiger partial charge in [-0.2, -0.15) is 0 Å². The Morgan fingerprint density at radius 2 is 1.72 bits per heavy atom. The van der Waals surface area contributed by atoms with Crippen LogP contribution in [0.1, 0.15) is 24.0 Å². The van der Waals surface area contributed by atoms with Crippen LogP contribution >= 0.6 is 0 Å². The molecule has 154 valence electrons. The molecule has 1 N–H and O–H groups in total. The van der Waals surface area contributed by atoms with Crippen molar-refractivity contribution in [3.8, 4) is 0 Å². The summed E-state index contributed by atoms with van der Waals surface area (Å²) >= 11 is 0. The zero-order valence-electron chi connectivity index (χ0n) is 17.3. The molecule has 2 saturated heterocycles. The highest BCUT2D eigenvalue weighted by Crippen LogP contribution is 2.26. The van der Waals surface area contributed by atoms with E-state index < -0.39 is 5.60 Å². The number of nitrogens with zero attached hydrogens (tertiary/aromatic N) is 3. The summed E-state index contributed by atoms with van der Waals surface area (Å²) in [6.07, 6.45) is 1.40. The first-order valence-electron chi connectivity index (χ1n) is 10.6. The van der Waals surface area contributed by atoms with E-state index in [9.17, 15) is 9.90 Å². The number of aryl methyl sites for hydroxylation is 1. The van der Waals surface area contributed by atoms with Gasteiger partial charge < -0.3 is 14.9 Å². The maximum atomic E-state index is 13.1. The minimum atomic E-state index is -1.27. The van der Waals surface area contributed by atoms with Gasteiger partial charge in [0.25, 0.3) is 5.91 Å². The largest absolute Gasteiger partial charge is 0.379 e. The highest BCUT2D eigenvalue weighted by atomic mass is 16.3. The second-order valence-corrected chi connectivity index (χ2v) is 8.45. The molecule has 5 nitrogen and oxygen atoms in total. The van der Waals surface area contributed by atoms with Crippen molar-refractivity contribution in [1.29, 1.82) is 0 Å². The number of benzene rings is 2. The first kappa shape index (κ1) is 19.9. The molecule has 0 spiro atoms. The van der Waals surface area contributed by atoms with Crippen LogP contribution < -0.4 is 4.90 Å². The molecule has 2 aromatic rings. The Morgan fingerprint density at radius 3 is 2.45 bits per heavy atom. The molecule has 2 heterocycles. The molecule has 1 amide bonds. The molecule has 0 aromatic heterocycles. The Bertz CT molecular complexity index is 833. The minimum absolute atomic E-state index is 0.115. The molecule has 0 aliphatic carbocycles. The minimum Gasteiger partial charge on any atom is -0.379 e. The monoisotopic (exact) mass is 393 g/mol. The number of piperazine rings is 1. The number of hydrogen-bond acceptors (Lipinski definition) is 4. The second kappa shape index (κ2) is 8.56. The van der Waals surface area contributed by atoms with Crippen molar-refractivity contribution in [2.45, 2.75) is 31.9 Å². The van der Waals surface area contributed by atoms with Gasteiger partial charge in [0, 0.05) is 51.5 Å².